The van der Waals surface area contributed by atoms with Gasteiger partial charge in [-0.2, -0.15) is 0 Å². The first-order valence-corrected chi connectivity index (χ1v) is 3.40. The third-order valence-electron chi connectivity index (χ3n) is 1.61. The van der Waals surface area contributed by atoms with Crippen LogP contribution in [0.25, 0.3) is 10.9 Å². The van der Waals surface area contributed by atoms with Crippen molar-refractivity contribution in [2.24, 2.45) is 0 Å². The Morgan fingerprint density at radius 3 is 2.13 bits per heavy atom. The van der Waals surface area contributed by atoms with Gasteiger partial charge < -0.3 is 5.11 Å². The topological polar surface area (TPSA) is 33.1 Å². The first-order chi connectivity index (χ1) is 5.38. The number of hydrogen-bond donors (Lipinski definition) is 1. The second-order valence-electron chi connectivity index (χ2n) is 2.35. The first kappa shape index (κ1) is 20.4. The van der Waals surface area contributed by atoms with Gasteiger partial charge in [-0.3, -0.25) is 4.98 Å². The second kappa shape index (κ2) is 9.26. The quantitative estimate of drug-likeness (QED) is 0.758. The predicted molar refractivity (Wildman–Crippen MR) is 65.2 cm³/mol. The van der Waals surface area contributed by atoms with Gasteiger partial charge in [-0.25, -0.2) is 0 Å². The monoisotopic (exact) mass is 301 g/mol. The summed E-state index contributed by atoms with van der Waals surface area (Å²) >= 11 is 0. The van der Waals surface area contributed by atoms with Gasteiger partial charge in [0.05, 0.1) is 0 Å². The molecule has 0 unspecified atom stereocenters. The van der Waals surface area contributed by atoms with Crippen molar-refractivity contribution in [3.05, 3.63) is 36.5 Å². The van der Waals surface area contributed by atoms with E-state index in [2.05, 4.69) is 4.98 Å². The predicted octanol–water partition coefficient (Wildman–Crippen LogP) is 3.20. The fourth-order valence-corrected chi connectivity index (χ4v) is 1.09. The maximum absolute atomic E-state index is 9.31. The SMILES string of the molecule is Cl.Cl.Cl.Oc1cccc2cccnc12.[Ti]. The van der Waals surface area contributed by atoms with Crippen molar-refractivity contribution in [2.75, 3.05) is 0 Å². The van der Waals surface area contributed by atoms with Gasteiger partial charge in [-0.05, 0) is 12.1 Å². The van der Waals surface area contributed by atoms with Crippen molar-refractivity contribution in [1.29, 1.82) is 0 Å². The Hall–Kier alpha value is 0.0143. The Balaban J connectivity index is -0.000000360. The average Bonchev–Trinajstić information content (AvgIpc) is 2.06. The number of aromatic nitrogens is 1. The van der Waals surface area contributed by atoms with Gasteiger partial charge in [-0.15, -0.1) is 37.2 Å². The molecule has 0 fully saturated rings. The molecule has 0 aliphatic rings. The molecule has 0 aliphatic carbocycles. The number of rotatable bonds is 0. The molecule has 0 radical (unpaired) electrons. The molecule has 0 spiro atoms. The molecule has 0 amide bonds. The molecule has 82 valence electrons. The number of phenols is 1. The number of benzene rings is 1. The van der Waals surface area contributed by atoms with Crippen molar-refractivity contribution in [3.8, 4) is 5.75 Å². The van der Waals surface area contributed by atoms with E-state index < -0.39 is 0 Å². The molecule has 0 aliphatic heterocycles. The van der Waals surface area contributed by atoms with E-state index in [1.165, 1.54) is 0 Å². The summed E-state index contributed by atoms with van der Waals surface area (Å²) in [5.41, 5.74) is 0.662. The Labute approximate surface area is 122 Å². The molecule has 2 rings (SSSR count). The van der Waals surface area contributed by atoms with Crippen molar-refractivity contribution in [3.63, 3.8) is 0 Å². The number of nitrogens with zero attached hydrogens (tertiary/aromatic N) is 1. The fourth-order valence-electron chi connectivity index (χ4n) is 1.09. The van der Waals surface area contributed by atoms with Crippen LogP contribution in [0.1, 0.15) is 0 Å². The van der Waals surface area contributed by atoms with Crippen LogP contribution in [0.3, 0.4) is 0 Å². The molecule has 15 heavy (non-hydrogen) atoms. The van der Waals surface area contributed by atoms with E-state index >= 15 is 0 Å². The third-order valence-corrected chi connectivity index (χ3v) is 1.61. The zero-order chi connectivity index (χ0) is 7.68. The normalized spacial score (nSPS) is 7.47. The summed E-state index contributed by atoms with van der Waals surface area (Å²) in [4.78, 5) is 4.03. The molecule has 6 heteroatoms. The maximum atomic E-state index is 9.31. The smallest absolute Gasteiger partial charge is 0.141 e. The van der Waals surface area contributed by atoms with E-state index in [0.717, 1.165) is 5.39 Å². The number of para-hydroxylation sites is 1. The molecule has 0 bridgehead atoms. The molecule has 2 nitrogen and oxygen atoms in total. The Bertz CT molecular complexity index is 395. The Morgan fingerprint density at radius 1 is 0.933 bits per heavy atom. The van der Waals surface area contributed by atoms with Gasteiger partial charge in [0.25, 0.3) is 0 Å². The van der Waals surface area contributed by atoms with Crippen molar-refractivity contribution < 1.29 is 26.8 Å². The van der Waals surface area contributed by atoms with Crippen LogP contribution in [0, 0.1) is 0 Å². The standard InChI is InChI=1S/C9H7NO.3ClH.Ti/c11-8-5-1-3-7-4-2-6-10-9(7)8;;;;/h1-6,11H;3*1H;. The molecule has 0 atom stereocenters. The third kappa shape index (κ3) is 4.58. The zero-order valence-corrected chi connectivity index (χ0v) is 11.6. The summed E-state index contributed by atoms with van der Waals surface area (Å²) in [7, 11) is 0. The van der Waals surface area contributed by atoms with E-state index in [1.807, 2.05) is 18.2 Å². The largest absolute Gasteiger partial charge is 0.506 e. The fraction of sp³-hybridized carbons (Fsp3) is 0. The molecule has 1 aromatic carbocycles. The molecule has 1 heterocycles. The van der Waals surface area contributed by atoms with Gasteiger partial charge in [-0.1, -0.05) is 18.2 Å². The van der Waals surface area contributed by atoms with Crippen LogP contribution < -0.4 is 0 Å². The van der Waals surface area contributed by atoms with E-state index in [1.54, 1.807) is 18.3 Å². The van der Waals surface area contributed by atoms with Crippen LogP contribution in [0.5, 0.6) is 5.75 Å². The summed E-state index contributed by atoms with van der Waals surface area (Å²) in [6.45, 7) is 0. The Kier molecular flexibility index (Phi) is 12.6. The molecular formula is C9H10Cl3NOTi. The second-order valence-corrected chi connectivity index (χ2v) is 2.35. The number of pyridine rings is 1. The number of fused-ring (bicyclic) bond motifs is 1. The van der Waals surface area contributed by atoms with Gasteiger partial charge in [0, 0.05) is 33.3 Å². The van der Waals surface area contributed by atoms with Gasteiger partial charge in [0.15, 0.2) is 0 Å². The maximum Gasteiger partial charge on any atom is 0.141 e. The summed E-state index contributed by atoms with van der Waals surface area (Å²) in [6.07, 6.45) is 1.67. The van der Waals surface area contributed by atoms with Crippen molar-refractivity contribution >= 4 is 48.1 Å². The number of halogens is 3. The van der Waals surface area contributed by atoms with Crippen LogP contribution in [-0.4, -0.2) is 10.1 Å². The minimum atomic E-state index is 0. The summed E-state index contributed by atoms with van der Waals surface area (Å²) in [5, 5.41) is 10.3. The van der Waals surface area contributed by atoms with Gasteiger partial charge in [0.2, 0.25) is 0 Å². The summed E-state index contributed by atoms with van der Waals surface area (Å²) < 4.78 is 0. The van der Waals surface area contributed by atoms with E-state index in [4.69, 9.17) is 0 Å². The minimum Gasteiger partial charge on any atom is -0.506 e. The Morgan fingerprint density at radius 2 is 1.53 bits per heavy atom. The van der Waals surface area contributed by atoms with E-state index in [-0.39, 0.29) is 64.7 Å². The summed E-state index contributed by atoms with van der Waals surface area (Å²) in [6, 6.07) is 9.13. The molecule has 2 aromatic rings. The summed E-state index contributed by atoms with van der Waals surface area (Å²) in [5.74, 6) is 0.239. The van der Waals surface area contributed by atoms with Crippen LogP contribution in [0.4, 0.5) is 0 Å². The molecule has 1 aromatic heterocycles. The van der Waals surface area contributed by atoms with Gasteiger partial charge >= 0.3 is 0 Å². The molecule has 0 saturated carbocycles. The van der Waals surface area contributed by atoms with Crippen LogP contribution in [0.2, 0.25) is 0 Å². The molecular weight excluding hydrogens is 292 g/mol. The van der Waals surface area contributed by atoms with Crippen LogP contribution >= 0.6 is 37.2 Å². The number of hydrogen-bond acceptors (Lipinski definition) is 2. The zero-order valence-electron chi connectivity index (χ0n) is 7.58. The van der Waals surface area contributed by atoms with E-state index in [9.17, 15) is 5.11 Å². The van der Waals surface area contributed by atoms with Crippen molar-refractivity contribution in [2.45, 2.75) is 0 Å². The van der Waals surface area contributed by atoms with Gasteiger partial charge in [0.1, 0.15) is 11.3 Å². The van der Waals surface area contributed by atoms with E-state index in [0.29, 0.717) is 5.52 Å². The van der Waals surface area contributed by atoms with Crippen LogP contribution in [-0.2, 0) is 21.7 Å². The first-order valence-electron chi connectivity index (χ1n) is 3.40. The number of phenolic OH excluding ortho intramolecular Hbond substituents is 1. The minimum absolute atomic E-state index is 0. The number of aromatic hydroxyl groups is 1. The average molecular weight is 302 g/mol. The molecule has 0 saturated heterocycles. The van der Waals surface area contributed by atoms with Crippen LogP contribution in [0.15, 0.2) is 36.5 Å². The van der Waals surface area contributed by atoms with Crippen molar-refractivity contribution in [1.82, 2.24) is 4.98 Å². The molecule has 1 N–H and O–H groups in total.